The first-order chi connectivity index (χ1) is 12.1. The van der Waals surface area contributed by atoms with Crippen LogP contribution in [-0.4, -0.2) is 48.9 Å². The molecule has 0 saturated heterocycles. The van der Waals surface area contributed by atoms with Gasteiger partial charge in [0.25, 0.3) is 5.91 Å². The maximum atomic E-state index is 12.8. The molecule has 2 heterocycles. The molecule has 0 aromatic heterocycles. The molecule has 2 aliphatic rings. The van der Waals surface area contributed by atoms with Gasteiger partial charge in [-0.2, -0.15) is 13.2 Å². The monoisotopic (exact) mass is 370 g/mol. The van der Waals surface area contributed by atoms with E-state index in [1.165, 1.54) is 6.07 Å². The number of esters is 1. The van der Waals surface area contributed by atoms with Gasteiger partial charge in [-0.15, -0.1) is 0 Å². The minimum Gasteiger partial charge on any atom is -0.467 e. The van der Waals surface area contributed by atoms with Crippen molar-refractivity contribution in [3.05, 3.63) is 29.3 Å². The zero-order valence-electron chi connectivity index (χ0n) is 13.4. The van der Waals surface area contributed by atoms with E-state index in [9.17, 15) is 32.3 Å². The summed E-state index contributed by atoms with van der Waals surface area (Å²) in [6, 6.07) is 1.75. The molecule has 1 N–H and O–H groups in total. The summed E-state index contributed by atoms with van der Waals surface area (Å²) in [5.41, 5.74) is 0.829. The number of methoxy groups -OCH3 is 1. The summed E-state index contributed by atoms with van der Waals surface area (Å²) in [4.78, 5) is 49.5. The average molecular weight is 370 g/mol. The molecule has 0 saturated carbocycles. The molecule has 2 amide bonds. The first-order valence-electron chi connectivity index (χ1n) is 7.58. The number of Topliss-reactive ketones (excluding diaryl/α,β-unsaturated/α-hetero) is 1. The highest BCUT2D eigenvalue weighted by Gasteiger charge is 2.48. The molecule has 0 aliphatic carbocycles. The van der Waals surface area contributed by atoms with E-state index in [-0.39, 0.29) is 17.7 Å². The van der Waals surface area contributed by atoms with E-state index in [1.807, 2.05) is 0 Å². The third kappa shape index (κ3) is 2.80. The third-order valence-electron chi connectivity index (χ3n) is 4.35. The Labute approximate surface area is 145 Å². The Hall–Kier alpha value is -2.91. The number of carbonyl (C=O) groups is 4. The van der Waals surface area contributed by atoms with E-state index in [2.05, 4.69) is 4.74 Å². The topological polar surface area (TPSA) is 92.8 Å². The smallest absolute Gasteiger partial charge is 0.467 e. The summed E-state index contributed by atoms with van der Waals surface area (Å²) >= 11 is 0. The van der Waals surface area contributed by atoms with Crippen LogP contribution < -0.4 is 10.2 Å². The largest absolute Gasteiger partial charge is 0.471 e. The molecule has 0 radical (unpaired) electrons. The standard InChI is InChI=1S/C16H13F3N2O5/c1-26-14(24)10-5-7-3-2-4-8-11(22)6-9(13(23)21(10)12(7)8)20-15(25)16(17,18)19/h2-4,9-10H,5-6H2,1H3,(H,20,25)/t9-,10+/m1/s1. The van der Waals surface area contributed by atoms with Crippen LogP contribution >= 0.6 is 0 Å². The van der Waals surface area contributed by atoms with Crippen molar-refractivity contribution in [2.24, 2.45) is 0 Å². The number of nitrogens with one attached hydrogen (secondary N) is 1. The van der Waals surface area contributed by atoms with E-state index in [1.54, 1.807) is 17.4 Å². The lowest BCUT2D eigenvalue weighted by Crippen LogP contribution is -2.54. The highest BCUT2D eigenvalue weighted by molar-refractivity contribution is 6.16. The van der Waals surface area contributed by atoms with Gasteiger partial charge in [-0.1, -0.05) is 12.1 Å². The number of rotatable bonds is 2. The molecule has 3 rings (SSSR count). The molecule has 0 spiro atoms. The van der Waals surface area contributed by atoms with Crippen molar-refractivity contribution in [1.29, 1.82) is 0 Å². The van der Waals surface area contributed by atoms with Gasteiger partial charge < -0.3 is 10.1 Å². The predicted octanol–water partition coefficient (Wildman–Crippen LogP) is 0.751. The molecule has 1 aromatic rings. The zero-order chi connectivity index (χ0) is 19.2. The van der Waals surface area contributed by atoms with Gasteiger partial charge in [0, 0.05) is 18.4 Å². The molecule has 7 nitrogen and oxygen atoms in total. The van der Waals surface area contributed by atoms with Crippen LogP contribution in [0.3, 0.4) is 0 Å². The van der Waals surface area contributed by atoms with Crippen LogP contribution in [0.25, 0.3) is 0 Å². The van der Waals surface area contributed by atoms with Crippen molar-refractivity contribution in [2.75, 3.05) is 12.0 Å². The Morgan fingerprint density at radius 3 is 2.54 bits per heavy atom. The summed E-state index contributed by atoms with van der Waals surface area (Å²) < 4.78 is 42.3. The first-order valence-corrected chi connectivity index (χ1v) is 7.58. The van der Waals surface area contributed by atoms with Gasteiger partial charge in [-0.25, -0.2) is 4.79 Å². The van der Waals surface area contributed by atoms with Crippen molar-refractivity contribution in [3.63, 3.8) is 0 Å². The molecule has 2 atom stereocenters. The number of hydrogen-bond acceptors (Lipinski definition) is 5. The first kappa shape index (κ1) is 17.9. The van der Waals surface area contributed by atoms with Crippen LogP contribution in [0.15, 0.2) is 18.2 Å². The second-order valence-corrected chi connectivity index (χ2v) is 5.92. The molecule has 10 heteroatoms. The number of para-hydroxylation sites is 1. The maximum Gasteiger partial charge on any atom is 0.471 e. The fourth-order valence-electron chi connectivity index (χ4n) is 3.21. The molecule has 1 aromatic carbocycles. The Balaban J connectivity index is 2.04. The number of benzene rings is 1. The Morgan fingerprint density at radius 1 is 1.23 bits per heavy atom. The van der Waals surface area contributed by atoms with Crippen molar-refractivity contribution in [3.8, 4) is 0 Å². The second kappa shape index (κ2) is 6.11. The van der Waals surface area contributed by atoms with E-state index in [0.29, 0.717) is 5.56 Å². The molecule has 2 aliphatic heterocycles. The van der Waals surface area contributed by atoms with Gasteiger partial charge >= 0.3 is 18.1 Å². The number of ketones is 1. The molecule has 138 valence electrons. The Kier molecular flexibility index (Phi) is 4.21. The fourth-order valence-corrected chi connectivity index (χ4v) is 3.21. The quantitative estimate of drug-likeness (QED) is 0.776. The minimum atomic E-state index is -5.21. The van der Waals surface area contributed by atoms with Crippen molar-refractivity contribution < 1.29 is 37.1 Å². The van der Waals surface area contributed by atoms with Crippen LogP contribution in [0.5, 0.6) is 0 Å². The van der Waals surface area contributed by atoms with Gasteiger partial charge in [0.15, 0.2) is 5.78 Å². The van der Waals surface area contributed by atoms with Gasteiger partial charge in [0.2, 0.25) is 0 Å². The lowest BCUT2D eigenvalue weighted by Gasteiger charge is -2.26. The molecular weight excluding hydrogens is 357 g/mol. The Morgan fingerprint density at radius 2 is 1.92 bits per heavy atom. The number of hydrogen-bond donors (Lipinski definition) is 1. The highest BCUT2D eigenvalue weighted by atomic mass is 19.4. The lowest BCUT2D eigenvalue weighted by molar-refractivity contribution is -0.174. The van der Waals surface area contributed by atoms with Crippen molar-refractivity contribution in [1.82, 2.24) is 5.32 Å². The Bertz CT molecular complexity index is 821. The number of halogens is 3. The number of alkyl halides is 3. The van der Waals surface area contributed by atoms with Crippen LogP contribution in [0.2, 0.25) is 0 Å². The number of ether oxygens (including phenoxy) is 1. The van der Waals surface area contributed by atoms with Crippen LogP contribution in [0.4, 0.5) is 18.9 Å². The van der Waals surface area contributed by atoms with Gasteiger partial charge in [-0.05, 0) is 11.6 Å². The van der Waals surface area contributed by atoms with E-state index in [0.717, 1.165) is 12.0 Å². The second-order valence-electron chi connectivity index (χ2n) is 5.92. The summed E-state index contributed by atoms with van der Waals surface area (Å²) in [6.07, 6.45) is -5.78. The molecule has 0 fully saturated rings. The van der Waals surface area contributed by atoms with Crippen molar-refractivity contribution >= 4 is 29.3 Å². The van der Waals surface area contributed by atoms with Crippen molar-refractivity contribution in [2.45, 2.75) is 31.1 Å². The number of anilines is 1. The average Bonchev–Trinajstić information content (AvgIpc) is 2.93. The number of nitrogens with zero attached hydrogens (tertiary/aromatic N) is 1. The van der Waals surface area contributed by atoms with Gasteiger partial charge in [0.1, 0.15) is 12.1 Å². The van der Waals surface area contributed by atoms with Gasteiger partial charge in [0.05, 0.1) is 12.8 Å². The van der Waals surface area contributed by atoms with E-state index < -0.39 is 48.2 Å². The highest BCUT2D eigenvalue weighted by Crippen LogP contribution is 2.39. The summed E-state index contributed by atoms with van der Waals surface area (Å²) in [7, 11) is 1.11. The number of carbonyl (C=O) groups excluding carboxylic acids is 4. The summed E-state index contributed by atoms with van der Waals surface area (Å²) in [5, 5.41) is 1.55. The minimum absolute atomic E-state index is 0.0643. The summed E-state index contributed by atoms with van der Waals surface area (Å²) in [6.45, 7) is 0. The predicted molar refractivity (Wildman–Crippen MR) is 80.4 cm³/mol. The maximum absolute atomic E-state index is 12.8. The van der Waals surface area contributed by atoms with Crippen LogP contribution in [0.1, 0.15) is 22.3 Å². The molecule has 0 unspecified atom stereocenters. The van der Waals surface area contributed by atoms with Crippen LogP contribution in [-0.2, 0) is 25.5 Å². The van der Waals surface area contributed by atoms with E-state index in [4.69, 9.17) is 0 Å². The fraction of sp³-hybridized carbons (Fsp3) is 0.375. The molecule has 0 bridgehead atoms. The van der Waals surface area contributed by atoms with Crippen LogP contribution in [0, 0.1) is 0 Å². The SMILES string of the molecule is COC(=O)[C@@H]1Cc2cccc3c2N1C(=O)[C@H](NC(=O)C(F)(F)F)CC3=O. The summed E-state index contributed by atoms with van der Waals surface area (Å²) in [5.74, 6) is -4.66. The normalized spacial score (nSPS) is 21.9. The molecule has 26 heavy (non-hydrogen) atoms. The third-order valence-corrected chi connectivity index (χ3v) is 4.35. The lowest BCUT2D eigenvalue weighted by atomic mass is 10.0. The van der Waals surface area contributed by atoms with E-state index >= 15 is 0 Å². The number of amides is 2. The zero-order valence-corrected chi connectivity index (χ0v) is 13.4. The molecular formula is C16H13F3N2O5. The van der Waals surface area contributed by atoms with Gasteiger partial charge in [-0.3, -0.25) is 19.3 Å².